The van der Waals surface area contributed by atoms with E-state index in [1.807, 2.05) is 45.9 Å². The highest BCUT2D eigenvalue weighted by Crippen LogP contribution is 2.23. The Bertz CT molecular complexity index is 883. The number of hydrogen-bond acceptors (Lipinski definition) is 3. The summed E-state index contributed by atoms with van der Waals surface area (Å²) in [5, 5.41) is 2.88. The van der Waals surface area contributed by atoms with E-state index in [1.165, 1.54) is 10.6 Å². The molecule has 0 atom stereocenters. The van der Waals surface area contributed by atoms with Crippen molar-refractivity contribution in [2.24, 2.45) is 5.92 Å². The minimum Gasteiger partial charge on any atom is -0.352 e. The maximum Gasteiger partial charge on any atom is 0.251 e. The van der Waals surface area contributed by atoms with Crippen molar-refractivity contribution in [2.45, 2.75) is 34.2 Å². The maximum absolute atomic E-state index is 12.3. The normalized spacial score (nSPS) is 11.5. The van der Waals surface area contributed by atoms with Crippen LogP contribution in [-0.4, -0.2) is 27.1 Å². The lowest BCUT2D eigenvalue weighted by atomic mass is 10.1. The van der Waals surface area contributed by atoms with Gasteiger partial charge in [0, 0.05) is 12.1 Å². The number of anilines is 1. The highest BCUT2D eigenvalue weighted by Gasteiger charge is 2.18. The van der Waals surface area contributed by atoms with Crippen LogP contribution in [0.4, 0.5) is 5.69 Å². The van der Waals surface area contributed by atoms with Crippen LogP contribution in [0, 0.1) is 19.8 Å². The topological polar surface area (TPSA) is 66.5 Å². The summed E-state index contributed by atoms with van der Waals surface area (Å²) in [6, 6.07) is 12.8. The Balaban J connectivity index is 2.22. The third-order valence-electron chi connectivity index (χ3n) is 4.11. The number of hydrogen-bond donors (Lipinski definition) is 1. The van der Waals surface area contributed by atoms with Crippen molar-refractivity contribution >= 4 is 21.6 Å². The van der Waals surface area contributed by atoms with E-state index in [0.29, 0.717) is 23.7 Å². The van der Waals surface area contributed by atoms with Gasteiger partial charge in [-0.3, -0.25) is 9.10 Å². The lowest BCUT2D eigenvalue weighted by Crippen LogP contribution is -2.29. The number of aryl methyl sites for hydroxylation is 2. The molecule has 2 rings (SSSR count). The van der Waals surface area contributed by atoms with Gasteiger partial charge < -0.3 is 5.32 Å². The number of nitrogens with one attached hydrogen (secondary N) is 1. The van der Waals surface area contributed by atoms with Crippen LogP contribution < -0.4 is 9.62 Å². The first kappa shape index (κ1) is 21.0. The molecule has 0 heterocycles. The van der Waals surface area contributed by atoms with E-state index in [9.17, 15) is 13.2 Å². The first-order valence-corrected chi connectivity index (χ1v) is 10.8. The van der Waals surface area contributed by atoms with Crippen LogP contribution in [0.1, 0.15) is 40.9 Å². The van der Waals surface area contributed by atoms with E-state index in [4.69, 9.17) is 0 Å². The first-order chi connectivity index (χ1) is 12.6. The number of sulfonamides is 1. The monoisotopic (exact) mass is 388 g/mol. The Labute approximate surface area is 162 Å². The second kappa shape index (κ2) is 8.57. The molecule has 0 unspecified atom stereocenters. The molecule has 0 aromatic heterocycles. The molecule has 0 aliphatic heterocycles. The molecule has 0 saturated carbocycles. The zero-order valence-corrected chi connectivity index (χ0v) is 17.4. The fourth-order valence-corrected chi connectivity index (χ4v) is 3.69. The highest BCUT2D eigenvalue weighted by molar-refractivity contribution is 7.92. The summed E-state index contributed by atoms with van der Waals surface area (Å²) < 4.78 is 26.1. The molecule has 27 heavy (non-hydrogen) atoms. The predicted octanol–water partition coefficient (Wildman–Crippen LogP) is 3.66. The Hall–Kier alpha value is -2.34. The van der Waals surface area contributed by atoms with Crippen LogP contribution in [0.2, 0.25) is 0 Å². The van der Waals surface area contributed by atoms with Crippen LogP contribution in [-0.2, 0) is 16.6 Å². The third-order valence-corrected chi connectivity index (χ3v) is 5.25. The lowest BCUT2D eigenvalue weighted by Gasteiger charge is -2.23. The lowest BCUT2D eigenvalue weighted by molar-refractivity contribution is 0.0949. The molecule has 146 valence electrons. The summed E-state index contributed by atoms with van der Waals surface area (Å²) >= 11 is 0. The van der Waals surface area contributed by atoms with Gasteiger partial charge >= 0.3 is 0 Å². The molecule has 0 radical (unpaired) electrons. The Morgan fingerprint density at radius 1 is 1.04 bits per heavy atom. The van der Waals surface area contributed by atoms with Crippen molar-refractivity contribution in [1.82, 2.24) is 5.32 Å². The molecule has 5 nitrogen and oxygen atoms in total. The summed E-state index contributed by atoms with van der Waals surface area (Å²) in [4.78, 5) is 12.1. The molecular weight excluding hydrogens is 360 g/mol. The van der Waals surface area contributed by atoms with Crippen molar-refractivity contribution in [3.63, 3.8) is 0 Å². The number of carbonyl (C=O) groups is 1. The molecule has 0 bridgehead atoms. The van der Waals surface area contributed by atoms with Crippen molar-refractivity contribution in [3.8, 4) is 0 Å². The zero-order chi connectivity index (χ0) is 20.2. The van der Waals surface area contributed by atoms with E-state index < -0.39 is 10.0 Å². The summed E-state index contributed by atoms with van der Waals surface area (Å²) in [6.45, 7) is 8.81. The average molecular weight is 389 g/mol. The molecule has 1 N–H and O–H groups in total. The van der Waals surface area contributed by atoms with E-state index in [0.717, 1.165) is 16.7 Å². The number of nitrogens with zero attached hydrogens (tertiary/aromatic N) is 1. The van der Waals surface area contributed by atoms with Gasteiger partial charge in [0.25, 0.3) is 5.91 Å². The molecule has 0 spiro atoms. The van der Waals surface area contributed by atoms with Gasteiger partial charge in [0.15, 0.2) is 0 Å². The summed E-state index contributed by atoms with van der Waals surface area (Å²) in [5.41, 5.74) is 4.05. The summed E-state index contributed by atoms with van der Waals surface area (Å²) in [6.07, 6.45) is 1.21. The van der Waals surface area contributed by atoms with Gasteiger partial charge in [-0.05, 0) is 60.7 Å². The Kier molecular flexibility index (Phi) is 6.65. The van der Waals surface area contributed by atoms with Crippen molar-refractivity contribution < 1.29 is 13.2 Å². The van der Waals surface area contributed by atoms with Gasteiger partial charge in [-0.15, -0.1) is 0 Å². The average Bonchev–Trinajstić information content (AvgIpc) is 2.56. The predicted molar refractivity (Wildman–Crippen MR) is 111 cm³/mol. The number of carbonyl (C=O) groups excluding carboxylic acids is 1. The van der Waals surface area contributed by atoms with Crippen LogP contribution in [0.5, 0.6) is 0 Å². The maximum atomic E-state index is 12.3. The third kappa shape index (κ3) is 6.10. The van der Waals surface area contributed by atoms with Crippen LogP contribution >= 0.6 is 0 Å². The highest BCUT2D eigenvalue weighted by atomic mass is 32.2. The molecule has 0 aliphatic carbocycles. The fraction of sp³-hybridized carbons (Fsp3) is 0.381. The number of rotatable bonds is 7. The zero-order valence-electron chi connectivity index (χ0n) is 16.6. The molecular formula is C21H28N2O3S. The van der Waals surface area contributed by atoms with Crippen LogP contribution in [0.15, 0.2) is 42.5 Å². The molecule has 0 saturated heterocycles. The second-order valence-corrected chi connectivity index (χ2v) is 9.32. The summed E-state index contributed by atoms with van der Waals surface area (Å²) in [5.74, 6) is 0.263. The fourth-order valence-electron chi connectivity index (χ4n) is 2.82. The van der Waals surface area contributed by atoms with Gasteiger partial charge in [-0.1, -0.05) is 32.0 Å². The minimum atomic E-state index is -3.44. The molecule has 0 aliphatic rings. The molecule has 2 aromatic rings. The van der Waals surface area contributed by atoms with E-state index >= 15 is 0 Å². The first-order valence-electron chi connectivity index (χ1n) is 8.99. The Morgan fingerprint density at radius 3 is 2.07 bits per heavy atom. The number of benzene rings is 2. The second-order valence-electron chi connectivity index (χ2n) is 7.42. The van der Waals surface area contributed by atoms with Crippen LogP contribution in [0.3, 0.4) is 0 Å². The largest absolute Gasteiger partial charge is 0.352 e. The van der Waals surface area contributed by atoms with Crippen molar-refractivity contribution in [3.05, 3.63) is 64.7 Å². The van der Waals surface area contributed by atoms with Crippen molar-refractivity contribution in [1.29, 1.82) is 0 Å². The van der Waals surface area contributed by atoms with Gasteiger partial charge in [-0.2, -0.15) is 0 Å². The van der Waals surface area contributed by atoms with Gasteiger partial charge in [0.2, 0.25) is 10.0 Å². The quantitative estimate of drug-likeness (QED) is 0.787. The molecule has 0 fully saturated rings. The van der Waals surface area contributed by atoms with Crippen molar-refractivity contribution in [2.75, 3.05) is 17.1 Å². The van der Waals surface area contributed by atoms with Crippen LogP contribution in [0.25, 0.3) is 0 Å². The standard InChI is InChI=1S/C21H28N2O3S/c1-15(2)13-22-21(24)19-8-6-18(7-9-19)14-23(27(5,25)26)20-11-16(3)10-17(4)12-20/h6-12,15H,13-14H2,1-5H3,(H,22,24). The summed E-state index contributed by atoms with van der Waals surface area (Å²) in [7, 11) is -3.44. The molecule has 2 aromatic carbocycles. The van der Waals surface area contributed by atoms with Gasteiger partial charge in [-0.25, -0.2) is 8.42 Å². The SMILES string of the molecule is Cc1cc(C)cc(N(Cc2ccc(C(=O)NCC(C)C)cc2)S(C)(=O)=O)c1. The molecule has 1 amide bonds. The van der Waals surface area contributed by atoms with E-state index in [1.54, 1.807) is 24.3 Å². The smallest absolute Gasteiger partial charge is 0.251 e. The van der Waals surface area contributed by atoms with E-state index in [2.05, 4.69) is 5.32 Å². The number of amides is 1. The minimum absolute atomic E-state index is 0.121. The van der Waals surface area contributed by atoms with Gasteiger partial charge in [0.1, 0.15) is 0 Å². The molecule has 6 heteroatoms. The Morgan fingerprint density at radius 2 is 1.59 bits per heavy atom. The van der Waals surface area contributed by atoms with Gasteiger partial charge in [0.05, 0.1) is 18.5 Å². The van der Waals surface area contributed by atoms with E-state index in [-0.39, 0.29) is 12.5 Å².